The van der Waals surface area contributed by atoms with Crippen molar-refractivity contribution < 1.29 is 29.3 Å². The quantitative estimate of drug-likeness (QED) is 0.465. The average molecular weight is 357 g/mol. The van der Waals surface area contributed by atoms with Crippen molar-refractivity contribution in [3.05, 3.63) is 0 Å². The molecule has 0 rings (SSSR count). The van der Waals surface area contributed by atoms with Crippen LogP contribution in [0.3, 0.4) is 0 Å². The molecular weight excluding hydrogens is 335 g/mol. The molecule has 0 aromatic carbocycles. The fraction of sp³-hybridized carbons (Fsp3) is 1.00. The van der Waals surface area contributed by atoms with Gasteiger partial charge in [-0.3, -0.25) is 0 Å². The van der Waals surface area contributed by atoms with Crippen LogP contribution in [-0.4, -0.2) is 58.7 Å². The SMILES string of the molecule is CCP(CC)(CC)(CCOC)N(S(=O)(=O)F)S(=O)(=O)F. The van der Waals surface area contributed by atoms with Crippen LogP contribution >= 0.6 is 6.75 Å². The average Bonchev–Trinajstić information content (AvgIpc) is 2.32. The first-order valence-corrected chi connectivity index (χ1v) is 11.7. The van der Waals surface area contributed by atoms with E-state index >= 15 is 0 Å². The molecule has 0 atom stereocenters. The van der Waals surface area contributed by atoms with E-state index in [1.807, 2.05) is 0 Å². The molecular formula is C9H22F2NO5PS2. The Morgan fingerprint density at radius 3 is 1.50 bits per heavy atom. The van der Waals surface area contributed by atoms with Crippen molar-refractivity contribution in [2.45, 2.75) is 20.8 Å². The molecule has 11 heteroatoms. The summed E-state index contributed by atoms with van der Waals surface area (Å²) in [5.41, 5.74) is 0. The van der Waals surface area contributed by atoms with Crippen LogP contribution in [0.25, 0.3) is 0 Å². The van der Waals surface area contributed by atoms with Gasteiger partial charge in [-0.05, 0) is 0 Å². The normalized spacial score (nSPS) is 16.1. The van der Waals surface area contributed by atoms with Crippen molar-refractivity contribution in [2.24, 2.45) is 0 Å². The second kappa shape index (κ2) is 6.48. The summed E-state index contributed by atoms with van der Waals surface area (Å²) in [4.78, 5) is 0. The summed E-state index contributed by atoms with van der Waals surface area (Å²) >= 11 is 0. The van der Waals surface area contributed by atoms with Gasteiger partial charge in [0.2, 0.25) is 0 Å². The summed E-state index contributed by atoms with van der Waals surface area (Å²) in [6.07, 6.45) is 0.134. The Morgan fingerprint density at radius 2 is 1.30 bits per heavy atom. The Bertz CT molecular complexity index is 490. The first kappa shape index (κ1) is 20.1. The van der Waals surface area contributed by atoms with E-state index in [0.29, 0.717) is 0 Å². The van der Waals surface area contributed by atoms with Crippen LogP contribution in [-0.2, 0) is 25.6 Å². The molecule has 0 saturated carbocycles. The number of hydrogen-bond acceptors (Lipinski definition) is 5. The molecule has 0 saturated heterocycles. The summed E-state index contributed by atoms with van der Waals surface area (Å²) in [6, 6.07) is 0. The van der Waals surface area contributed by atoms with E-state index in [1.54, 1.807) is 20.8 Å². The van der Waals surface area contributed by atoms with E-state index < -0.39 is 31.1 Å². The van der Waals surface area contributed by atoms with Crippen molar-refractivity contribution in [3.63, 3.8) is 0 Å². The van der Waals surface area contributed by atoms with Crippen LogP contribution in [0, 0.1) is 0 Å². The summed E-state index contributed by atoms with van der Waals surface area (Å²) in [6.45, 7) is 0.761. The Labute approximate surface area is 120 Å². The van der Waals surface area contributed by atoms with E-state index in [0.717, 1.165) is 0 Å². The zero-order chi connectivity index (χ0) is 16.3. The number of halogens is 2. The van der Waals surface area contributed by atoms with Crippen LogP contribution in [0.2, 0.25) is 0 Å². The van der Waals surface area contributed by atoms with Crippen molar-refractivity contribution in [2.75, 3.05) is 38.4 Å². The molecule has 0 aliphatic rings. The predicted molar refractivity (Wildman–Crippen MR) is 77.2 cm³/mol. The molecule has 20 heavy (non-hydrogen) atoms. The number of nitrogens with zero attached hydrogens (tertiary/aromatic N) is 1. The van der Waals surface area contributed by atoms with Crippen LogP contribution < -0.4 is 0 Å². The molecule has 124 valence electrons. The van der Waals surface area contributed by atoms with Gasteiger partial charge in [-0.15, -0.1) is 0 Å². The van der Waals surface area contributed by atoms with Crippen molar-refractivity contribution in [1.82, 2.24) is 3.48 Å². The second-order valence-corrected chi connectivity index (χ2v) is 14.3. The third-order valence-electron chi connectivity index (χ3n) is 4.14. The molecule has 0 amide bonds. The van der Waals surface area contributed by atoms with Gasteiger partial charge < -0.3 is 0 Å². The summed E-state index contributed by atoms with van der Waals surface area (Å²) < 4.78 is 76.7. The third-order valence-corrected chi connectivity index (χ3v) is 17.0. The molecule has 0 unspecified atom stereocenters. The number of methoxy groups -OCH3 is 1. The van der Waals surface area contributed by atoms with E-state index in [2.05, 4.69) is 0 Å². The minimum atomic E-state index is -5.73. The van der Waals surface area contributed by atoms with Crippen LogP contribution in [0.15, 0.2) is 0 Å². The zero-order valence-corrected chi connectivity index (χ0v) is 14.6. The first-order chi connectivity index (χ1) is 8.93. The maximum atomic E-state index is 13.5. The van der Waals surface area contributed by atoms with Gasteiger partial charge in [0.05, 0.1) is 0 Å². The van der Waals surface area contributed by atoms with Crippen molar-refractivity contribution >= 4 is 27.6 Å². The van der Waals surface area contributed by atoms with Crippen molar-refractivity contribution in [1.29, 1.82) is 0 Å². The monoisotopic (exact) mass is 357 g/mol. The topological polar surface area (TPSA) is 80.8 Å². The predicted octanol–water partition coefficient (Wildman–Crippen LogP) is 1.89. The van der Waals surface area contributed by atoms with Crippen molar-refractivity contribution in [3.8, 4) is 0 Å². The molecule has 0 aliphatic carbocycles. The van der Waals surface area contributed by atoms with E-state index in [1.165, 1.54) is 7.11 Å². The third kappa shape index (κ3) is 3.65. The molecule has 6 nitrogen and oxygen atoms in total. The molecule has 0 aromatic heterocycles. The van der Waals surface area contributed by atoms with Gasteiger partial charge in [0.1, 0.15) is 0 Å². The van der Waals surface area contributed by atoms with Gasteiger partial charge in [-0.1, -0.05) is 0 Å². The van der Waals surface area contributed by atoms with Gasteiger partial charge in [0.25, 0.3) is 0 Å². The maximum absolute atomic E-state index is 13.5. The van der Waals surface area contributed by atoms with Crippen LogP contribution in [0.5, 0.6) is 0 Å². The van der Waals surface area contributed by atoms with Crippen LogP contribution in [0.1, 0.15) is 20.8 Å². The molecule has 0 heterocycles. The summed E-state index contributed by atoms with van der Waals surface area (Å²) in [5.74, 6) is 0. The molecule has 0 spiro atoms. The van der Waals surface area contributed by atoms with E-state index in [9.17, 15) is 24.6 Å². The second-order valence-electron chi connectivity index (χ2n) is 4.63. The van der Waals surface area contributed by atoms with Gasteiger partial charge >= 0.3 is 120 Å². The number of hydrogen-bond donors (Lipinski definition) is 0. The first-order valence-electron chi connectivity index (χ1n) is 6.12. The molecule has 0 N–H and O–H groups in total. The Morgan fingerprint density at radius 1 is 0.950 bits per heavy atom. The molecule has 0 fully saturated rings. The summed E-state index contributed by atoms with van der Waals surface area (Å²) in [7, 11) is -10.1. The molecule has 0 aromatic rings. The number of rotatable bonds is 9. The standard InChI is InChI=1S/C9H22F2NO5PS2/c1-5-18(6-2,7-3,9-8-17-4)12(19(10,13)14)20(11,15)16/h5-9H2,1-4H3. The number of ether oxygens (including phenoxy) is 1. The van der Waals surface area contributed by atoms with Gasteiger partial charge in [0.15, 0.2) is 0 Å². The molecule has 0 aliphatic heterocycles. The van der Waals surface area contributed by atoms with Gasteiger partial charge in [-0.2, -0.15) is 0 Å². The van der Waals surface area contributed by atoms with Gasteiger partial charge in [0, 0.05) is 0 Å². The van der Waals surface area contributed by atoms with E-state index in [4.69, 9.17) is 4.74 Å². The van der Waals surface area contributed by atoms with Gasteiger partial charge in [-0.25, -0.2) is 0 Å². The molecule has 0 radical (unpaired) electrons. The van der Waals surface area contributed by atoms with E-state index in [-0.39, 0.29) is 31.3 Å². The Balaban J connectivity index is 6.47. The fourth-order valence-electron chi connectivity index (χ4n) is 2.56. The molecule has 0 bridgehead atoms. The Kier molecular flexibility index (Phi) is 6.51. The zero-order valence-electron chi connectivity index (χ0n) is 12.0. The minimum absolute atomic E-state index is 0.0160. The van der Waals surface area contributed by atoms with Crippen LogP contribution in [0.4, 0.5) is 7.77 Å². The summed E-state index contributed by atoms with van der Waals surface area (Å²) in [5, 5.41) is 0. The Hall–Kier alpha value is 0.110. The fourth-order valence-corrected chi connectivity index (χ4v) is 14.2.